The van der Waals surface area contributed by atoms with Crippen LogP contribution in [-0.4, -0.2) is 38.6 Å². The van der Waals surface area contributed by atoms with E-state index in [1.807, 2.05) is 13.8 Å². The molecule has 122 valence electrons. The molecular formula is C15H22N2O4S. The maximum absolute atomic E-state index is 11.8. The molecule has 1 unspecified atom stereocenters. The Hall–Kier alpha value is -1.76. The molecule has 1 aliphatic heterocycles. The van der Waals surface area contributed by atoms with Gasteiger partial charge in [-0.15, -0.1) is 0 Å². The number of benzene rings is 1. The molecule has 1 atom stereocenters. The fourth-order valence-electron chi connectivity index (χ4n) is 2.33. The van der Waals surface area contributed by atoms with Gasteiger partial charge in [-0.25, -0.2) is 13.2 Å². The van der Waals surface area contributed by atoms with Gasteiger partial charge >= 0.3 is 6.03 Å². The average molecular weight is 326 g/mol. The third kappa shape index (κ3) is 5.22. The van der Waals surface area contributed by atoms with Crippen LogP contribution >= 0.6 is 0 Å². The van der Waals surface area contributed by atoms with Crippen LogP contribution in [0.25, 0.3) is 0 Å². The Morgan fingerprint density at radius 2 is 2.00 bits per heavy atom. The third-order valence-corrected chi connectivity index (χ3v) is 5.20. The smallest absolute Gasteiger partial charge is 0.319 e. The molecule has 2 amide bonds. The second-order valence-electron chi connectivity index (χ2n) is 5.80. The summed E-state index contributed by atoms with van der Waals surface area (Å²) in [5.41, 5.74) is 0.660. The topological polar surface area (TPSA) is 84.5 Å². The van der Waals surface area contributed by atoms with Crippen LogP contribution in [0.15, 0.2) is 24.3 Å². The van der Waals surface area contributed by atoms with Gasteiger partial charge in [0, 0.05) is 12.2 Å². The van der Waals surface area contributed by atoms with Gasteiger partial charge in [0.2, 0.25) is 0 Å². The highest BCUT2D eigenvalue weighted by Crippen LogP contribution is 2.18. The highest BCUT2D eigenvalue weighted by Gasteiger charge is 2.27. The summed E-state index contributed by atoms with van der Waals surface area (Å²) in [6.45, 7) is 4.27. The molecule has 1 aromatic carbocycles. The van der Waals surface area contributed by atoms with Crippen molar-refractivity contribution in [3.63, 3.8) is 0 Å². The minimum absolute atomic E-state index is 0.0116. The molecule has 7 heteroatoms. The van der Waals surface area contributed by atoms with Gasteiger partial charge in [0.15, 0.2) is 9.84 Å². The maximum Gasteiger partial charge on any atom is 0.319 e. The molecule has 1 fully saturated rings. The largest absolute Gasteiger partial charge is 0.491 e. The van der Waals surface area contributed by atoms with E-state index >= 15 is 0 Å². The molecule has 0 aliphatic carbocycles. The van der Waals surface area contributed by atoms with Crippen molar-refractivity contribution in [2.24, 2.45) is 5.92 Å². The van der Waals surface area contributed by atoms with E-state index < -0.39 is 9.84 Å². The summed E-state index contributed by atoms with van der Waals surface area (Å²) in [5, 5.41) is 5.42. The Balaban J connectivity index is 1.77. The number of ether oxygens (including phenoxy) is 1. The summed E-state index contributed by atoms with van der Waals surface area (Å²) in [6.07, 6.45) is 0.717. The van der Waals surface area contributed by atoms with Gasteiger partial charge in [0.25, 0.3) is 0 Å². The Morgan fingerprint density at radius 3 is 2.55 bits per heavy atom. The first-order chi connectivity index (χ1) is 10.3. The van der Waals surface area contributed by atoms with Crippen molar-refractivity contribution in [2.45, 2.75) is 26.4 Å². The first kappa shape index (κ1) is 16.6. The highest BCUT2D eigenvalue weighted by molar-refractivity contribution is 7.91. The van der Waals surface area contributed by atoms with Gasteiger partial charge in [-0.3, -0.25) is 0 Å². The van der Waals surface area contributed by atoms with Gasteiger partial charge in [0.05, 0.1) is 17.6 Å². The summed E-state index contributed by atoms with van der Waals surface area (Å²) in [6, 6.07) is 6.77. The zero-order valence-electron chi connectivity index (χ0n) is 12.8. The monoisotopic (exact) mass is 326 g/mol. The molecule has 0 spiro atoms. The zero-order chi connectivity index (χ0) is 16.2. The molecule has 2 rings (SSSR count). The number of nitrogens with one attached hydrogen (secondary N) is 2. The van der Waals surface area contributed by atoms with Gasteiger partial charge in [0.1, 0.15) is 5.75 Å². The second kappa shape index (κ2) is 7.00. The predicted octanol–water partition coefficient (Wildman–Crippen LogP) is 2.03. The maximum atomic E-state index is 11.8. The highest BCUT2D eigenvalue weighted by atomic mass is 32.2. The van der Waals surface area contributed by atoms with E-state index in [4.69, 9.17) is 4.74 Å². The van der Waals surface area contributed by atoms with Crippen LogP contribution in [0, 0.1) is 5.92 Å². The molecule has 6 nitrogen and oxygen atoms in total. The fraction of sp³-hybridized carbons (Fsp3) is 0.533. The summed E-state index contributed by atoms with van der Waals surface area (Å²) < 4.78 is 28.2. The standard InChI is InChI=1S/C15H22N2O4S/c1-11(2)21-14-5-3-13(4-6-14)17-15(18)16-9-12-7-8-22(19,20)10-12/h3-6,11-12H,7-10H2,1-2H3,(H2,16,17,18). The molecule has 2 N–H and O–H groups in total. The molecular weight excluding hydrogens is 304 g/mol. The second-order valence-corrected chi connectivity index (χ2v) is 8.02. The van der Waals surface area contributed by atoms with Gasteiger partial charge in [-0.05, 0) is 50.5 Å². The number of anilines is 1. The van der Waals surface area contributed by atoms with E-state index in [0.29, 0.717) is 18.7 Å². The van der Waals surface area contributed by atoms with Crippen molar-refractivity contribution >= 4 is 21.6 Å². The Bertz CT molecular complexity index is 611. The lowest BCUT2D eigenvalue weighted by Crippen LogP contribution is -2.33. The van der Waals surface area contributed by atoms with Crippen molar-refractivity contribution in [1.29, 1.82) is 0 Å². The van der Waals surface area contributed by atoms with Crippen LogP contribution in [0.4, 0.5) is 10.5 Å². The van der Waals surface area contributed by atoms with Crippen LogP contribution in [0.1, 0.15) is 20.3 Å². The third-order valence-electron chi connectivity index (χ3n) is 3.36. The molecule has 0 saturated carbocycles. The van der Waals surface area contributed by atoms with E-state index in [1.165, 1.54) is 0 Å². The molecule has 1 saturated heterocycles. The van der Waals surface area contributed by atoms with Crippen LogP contribution in [0.5, 0.6) is 5.75 Å². The quantitative estimate of drug-likeness (QED) is 0.867. The lowest BCUT2D eigenvalue weighted by atomic mass is 10.1. The SMILES string of the molecule is CC(C)Oc1ccc(NC(=O)NCC2CCS(=O)(=O)C2)cc1. The van der Waals surface area contributed by atoms with Gasteiger partial charge < -0.3 is 15.4 Å². The average Bonchev–Trinajstić information content (AvgIpc) is 2.78. The van der Waals surface area contributed by atoms with E-state index in [1.54, 1.807) is 24.3 Å². The van der Waals surface area contributed by atoms with E-state index in [-0.39, 0.29) is 29.6 Å². The summed E-state index contributed by atoms with van der Waals surface area (Å²) in [4.78, 5) is 11.8. The van der Waals surface area contributed by atoms with Crippen molar-refractivity contribution in [1.82, 2.24) is 5.32 Å². The minimum atomic E-state index is -2.90. The van der Waals surface area contributed by atoms with Gasteiger partial charge in [-0.2, -0.15) is 0 Å². The molecule has 1 heterocycles. The molecule has 0 aromatic heterocycles. The first-order valence-corrected chi connectivity index (χ1v) is 9.18. The number of amides is 2. The lowest BCUT2D eigenvalue weighted by molar-refractivity contribution is 0.242. The van der Waals surface area contributed by atoms with Gasteiger partial charge in [-0.1, -0.05) is 0 Å². The van der Waals surface area contributed by atoms with E-state index in [9.17, 15) is 13.2 Å². The van der Waals surface area contributed by atoms with Crippen molar-refractivity contribution in [2.75, 3.05) is 23.4 Å². The Labute approximate surface area is 131 Å². The normalized spacial score (nSPS) is 19.9. The summed E-state index contributed by atoms with van der Waals surface area (Å²) in [7, 11) is -2.90. The minimum Gasteiger partial charge on any atom is -0.491 e. The van der Waals surface area contributed by atoms with Crippen molar-refractivity contribution in [3.8, 4) is 5.75 Å². The number of carbonyl (C=O) groups is 1. The Kier molecular flexibility index (Phi) is 5.28. The molecule has 0 radical (unpaired) electrons. The molecule has 1 aliphatic rings. The van der Waals surface area contributed by atoms with Crippen LogP contribution < -0.4 is 15.4 Å². The number of hydrogen-bond donors (Lipinski definition) is 2. The summed E-state index contributed by atoms with van der Waals surface area (Å²) in [5.74, 6) is 1.14. The fourth-order valence-corrected chi connectivity index (χ4v) is 4.20. The first-order valence-electron chi connectivity index (χ1n) is 7.36. The van der Waals surface area contributed by atoms with Crippen LogP contribution in [0.2, 0.25) is 0 Å². The summed E-state index contributed by atoms with van der Waals surface area (Å²) >= 11 is 0. The van der Waals surface area contributed by atoms with E-state index in [2.05, 4.69) is 10.6 Å². The van der Waals surface area contributed by atoms with Crippen LogP contribution in [-0.2, 0) is 9.84 Å². The molecule has 1 aromatic rings. The number of rotatable bonds is 5. The lowest BCUT2D eigenvalue weighted by Gasteiger charge is -2.12. The van der Waals surface area contributed by atoms with Crippen molar-refractivity contribution < 1.29 is 17.9 Å². The number of sulfone groups is 1. The van der Waals surface area contributed by atoms with Crippen molar-refractivity contribution in [3.05, 3.63) is 24.3 Å². The number of urea groups is 1. The molecule has 22 heavy (non-hydrogen) atoms. The number of hydrogen-bond acceptors (Lipinski definition) is 4. The molecule has 0 bridgehead atoms. The van der Waals surface area contributed by atoms with E-state index in [0.717, 1.165) is 5.75 Å². The van der Waals surface area contributed by atoms with Crippen LogP contribution in [0.3, 0.4) is 0 Å². The predicted molar refractivity (Wildman–Crippen MR) is 86.0 cm³/mol. The number of carbonyl (C=O) groups excluding carboxylic acids is 1. The zero-order valence-corrected chi connectivity index (χ0v) is 13.7. The Morgan fingerprint density at radius 1 is 1.32 bits per heavy atom.